The maximum Gasteiger partial charge on any atom is 0.123 e. The van der Waals surface area contributed by atoms with E-state index in [2.05, 4.69) is 13.8 Å². The van der Waals surface area contributed by atoms with Gasteiger partial charge in [-0.1, -0.05) is 33.3 Å². The van der Waals surface area contributed by atoms with E-state index in [0.29, 0.717) is 17.4 Å². The molecule has 1 aromatic carbocycles. The van der Waals surface area contributed by atoms with Gasteiger partial charge in [0.1, 0.15) is 24.7 Å². The third kappa shape index (κ3) is 7.93. The lowest BCUT2D eigenvalue weighted by Gasteiger charge is -2.15. The van der Waals surface area contributed by atoms with E-state index in [-0.39, 0.29) is 13.2 Å². The first-order valence-corrected chi connectivity index (χ1v) is 7.73. The molecule has 0 aliphatic rings. The van der Waals surface area contributed by atoms with Gasteiger partial charge in [-0.3, -0.25) is 0 Å². The number of benzene rings is 1. The van der Waals surface area contributed by atoms with Crippen LogP contribution in [0.4, 0.5) is 0 Å². The molecule has 0 fully saturated rings. The van der Waals surface area contributed by atoms with E-state index in [0.717, 1.165) is 19.3 Å². The first-order chi connectivity index (χ1) is 10.0. The molecule has 0 aliphatic heterocycles. The molecular formula is C17H28O4. The van der Waals surface area contributed by atoms with Gasteiger partial charge in [0.05, 0.1) is 12.2 Å². The molecule has 0 spiro atoms. The summed E-state index contributed by atoms with van der Waals surface area (Å²) in [6.45, 7) is 6.73. The van der Waals surface area contributed by atoms with Gasteiger partial charge in [-0.2, -0.15) is 0 Å². The highest BCUT2D eigenvalue weighted by Gasteiger charge is 2.09. The van der Waals surface area contributed by atoms with Crippen LogP contribution in [0.1, 0.15) is 40.0 Å². The van der Waals surface area contributed by atoms with Gasteiger partial charge >= 0.3 is 0 Å². The van der Waals surface area contributed by atoms with Gasteiger partial charge < -0.3 is 19.7 Å². The summed E-state index contributed by atoms with van der Waals surface area (Å²) in [6, 6.07) is 7.28. The van der Waals surface area contributed by atoms with Crippen LogP contribution in [-0.2, 0) is 0 Å². The van der Waals surface area contributed by atoms with Crippen molar-refractivity contribution in [3.8, 4) is 11.5 Å². The molecule has 0 amide bonds. The van der Waals surface area contributed by atoms with Crippen molar-refractivity contribution in [2.75, 3.05) is 13.2 Å². The number of rotatable bonds is 10. The molecule has 1 aromatic rings. The van der Waals surface area contributed by atoms with Crippen molar-refractivity contribution in [1.29, 1.82) is 0 Å². The molecule has 0 heterocycles. The molecule has 2 N–H and O–H groups in total. The van der Waals surface area contributed by atoms with E-state index in [9.17, 15) is 10.2 Å². The fourth-order valence-electron chi connectivity index (χ4n) is 2.07. The number of aliphatic hydroxyl groups excluding tert-OH is 2. The standard InChI is InChI=1S/C17H28O4/c1-4-6-14(18)11-20-16-7-5-8-17(10-16)21-12-15(19)9-13(2)3/h5,7-8,10,13-15,18-19H,4,6,9,11-12H2,1-3H3. The Balaban J connectivity index is 2.41. The van der Waals surface area contributed by atoms with Crippen LogP contribution in [-0.4, -0.2) is 35.6 Å². The molecule has 120 valence electrons. The van der Waals surface area contributed by atoms with Crippen LogP contribution in [0.5, 0.6) is 11.5 Å². The third-order valence-corrected chi connectivity index (χ3v) is 3.06. The predicted octanol–water partition coefficient (Wildman–Crippen LogP) is 3.01. The molecular weight excluding hydrogens is 268 g/mol. The molecule has 0 aliphatic carbocycles. The number of ether oxygens (including phenoxy) is 2. The molecule has 0 saturated heterocycles. The van der Waals surface area contributed by atoms with Crippen molar-refractivity contribution < 1.29 is 19.7 Å². The number of hydrogen-bond donors (Lipinski definition) is 2. The highest BCUT2D eigenvalue weighted by atomic mass is 16.5. The Hall–Kier alpha value is -1.26. The van der Waals surface area contributed by atoms with Gasteiger partial charge in [-0.15, -0.1) is 0 Å². The summed E-state index contributed by atoms with van der Waals surface area (Å²) in [4.78, 5) is 0. The lowest BCUT2D eigenvalue weighted by atomic mass is 10.1. The minimum absolute atomic E-state index is 0.278. The zero-order valence-corrected chi connectivity index (χ0v) is 13.3. The predicted molar refractivity (Wildman–Crippen MR) is 83.8 cm³/mol. The quantitative estimate of drug-likeness (QED) is 0.697. The zero-order chi connectivity index (χ0) is 15.7. The SMILES string of the molecule is CCCC(O)COc1cccc(OCC(O)CC(C)C)c1. The Bertz CT molecular complexity index is 392. The summed E-state index contributed by atoms with van der Waals surface area (Å²) in [6.07, 6.45) is 1.49. The fourth-order valence-corrected chi connectivity index (χ4v) is 2.07. The first kappa shape index (κ1) is 17.8. The third-order valence-electron chi connectivity index (χ3n) is 3.06. The lowest BCUT2D eigenvalue weighted by Crippen LogP contribution is -2.19. The Morgan fingerprint density at radius 2 is 1.57 bits per heavy atom. The normalized spacial score (nSPS) is 14.0. The Morgan fingerprint density at radius 1 is 1.00 bits per heavy atom. The van der Waals surface area contributed by atoms with Crippen LogP contribution >= 0.6 is 0 Å². The largest absolute Gasteiger partial charge is 0.491 e. The second kappa shape index (κ2) is 9.64. The van der Waals surface area contributed by atoms with E-state index in [1.165, 1.54) is 0 Å². The van der Waals surface area contributed by atoms with E-state index in [1.54, 1.807) is 6.07 Å². The molecule has 0 radical (unpaired) electrons. The van der Waals surface area contributed by atoms with Crippen molar-refractivity contribution in [2.45, 2.75) is 52.2 Å². The van der Waals surface area contributed by atoms with Gasteiger partial charge in [-0.25, -0.2) is 0 Å². The van der Waals surface area contributed by atoms with Gasteiger partial charge in [0.15, 0.2) is 0 Å². The van der Waals surface area contributed by atoms with Crippen LogP contribution < -0.4 is 9.47 Å². The minimum Gasteiger partial charge on any atom is -0.491 e. The number of aliphatic hydroxyl groups is 2. The van der Waals surface area contributed by atoms with Gasteiger partial charge in [0, 0.05) is 6.07 Å². The van der Waals surface area contributed by atoms with Crippen LogP contribution in [0.25, 0.3) is 0 Å². The molecule has 1 rings (SSSR count). The van der Waals surface area contributed by atoms with Crippen molar-refractivity contribution in [2.24, 2.45) is 5.92 Å². The average Bonchev–Trinajstić information content (AvgIpc) is 2.43. The topological polar surface area (TPSA) is 58.9 Å². The first-order valence-electron chi connectivity index (χ1n) is 7.73. The van der Waals surface area contributed by atoms with Crippen molar-refractivity contribution in [3.63, 3.8) is 0 Å². The highest BCUT2D eigenvalue weighted by Crippen LogP contribution is 2.20. The monoisotopic (exact) mass is 296 g/mol. The van der Waals surface area contributed by atoms with E-state index in [1.807, 2.05) is 25.1 Å². The van der Waals surface area contributed by atoms with Crippen LogP contribution in [0, 0.1) is 5.92 Å². The lowest BCUT2D eigenvalue weighted by molar-refractivity contribution is 0.0882. The molecule has 4 heteroatoms. The Labute approximate surface area is 127 Å². The smallest absolute Gasteiger partial charge is 0.123 e. The molecule has 4 nitrogen and oxygen atoms in total. The Kier molecular flexibility index (Phi) is 8.16. The summed E-state index contributed by atoms with van der Waals surface area (Å²) in [5, 5.41) is 19.4. The minimum atomic E-state index is -0.457. The summed E-state index contributed by atoms with van der Waals surface area (Å²) >= 11 is 0. The number of hydrogen-bond acceptors (Lipinski definition) is 4. The van der Waals surface area contributed by atoms with E-state index < -0.39 is 12.2 Å². The van der Waals surface area contributed by atoms with Gasteiger partial charge in [-0.05, 0) is 30.9 Å². The van der Waals surface area contributed by atoms with Crippen molar-refractivity contribution in [3.05, 3.63) is 24.3 Å². The van der Waals surface area contributed by atoms with Crippen LogP contribution in [0.2, 0.25) is 0 Å². The average molecular weight is 296 g/mol. The second-order valence-electron chi connectivity index (χ2n) is 5.82. The summed E-state index contributed by atoms with van der Waals surface area (Å²) < 4.78 is 11.1. The van der Waals surface area contributed by atoms with Crippen molar-refractivity contribution in [1.82, 2.24) is 0 Å². The molecule has 0 saturated carbocycles. The summed E-state index contributed by atoms with van der Waals surface area (Å²) in [7, 11) is 0. The summed E-state index contributed by atoms with van der Waals surface area (Å²) in [5.41, 5.74) is 0. The molecule has 21 heavy (non-hydrogen) atoms. The maximum absolute atomic E-state index is 9.80. The molecule has 0 bridgehead atoms. The molecule has 2 atom stereocenters. The van der Waals surface area contributed by atoms with Gasteiger partial charge in [0.25, 0.3) is 0 Å². The molecule has 0 aromatic heterocycles. The van der Waals surface area contributed by atoms with E-state index >= 15 is 0 Å². The molecule has 2 unspecified atom stereocenters. The summed E-state index contributed by atoms with van der Waals surface area (Å²) in [5.74, 6) is 1.78. The second-order valence-corrected chi connectivity index (χ2v) is 5.82. The van der Waals surface area contributed by atoms with Crippen LogP contribution in [0.3, 0.4) is 0 Å². The fraction of sp³-hybridized carbons (Fsp3) is 0.647. The van der Waals surface area contributed by atoms with Crippen molar-refractivity contribution >= 4 is 0 Å². The van der Waals surface area contributed by atoms with E-state index in [4.69, 9.17) is 9.47 Å². The van der Waals surface area contributed by atoms with Crippen LogP contribution in [0.15, 0.2) is 24.3 Å². The van der Waals surface area contributed by atoms with Gasteiger partial charge in [0.2, 0.25) is 0 Å². The highest BCUT2D eigenvalue weighted by molar-refractivity contribution is 5.32. The zero-order valence-electron chi connectivity index (χ0n) is 13.3. The maximum atomic E-state index is 9.80. The Morgan fingerprint density at radius 3 is 2.10 bits per heavy atom.